The molecule has 0 unspecified atom stereocenters. The second-order valence-electron chi connectivity index (χ2n) is 6.25. The number of halogens is 5. The van der Waals surface area contributed by atoms with E-state index in [9.17, 15) is 18.0 Å². The molecule has 4 rings (SSSR count). The van der Waals surface area contributed by atoms with Gasteiger partial charge in [0.1, 0.15) is 5.69 Å². The van der Waals surface area contributed by atoms with E-state index < -0.39 is 17.8 Å². The first-order valence-corrected chi connectivity index (χ1v) is 9.74. The van der Waals surface area contributed by atoms with Crippen LogP contribution in [0.15, 0.2) is 48.5 Å². The lowest BCUT2D eigenvalue weighted by Gasteiger charge is -2.28. The molecule has 0 bridgehead atoms. The van der Waals surface area contributed by atoms with E-state index in [4.69, 9.17) is 11.6 Å². The molecular formula is C19H12ClF3IN3O. The number of fused-ring (bicyclic) bond motifs is 1. The number of hydrogen-bond donors (Lipinski definition) is 0. The van der Waals surface area contributed by atoms with E-state index in [-0.39, 0.29) is 24.2 Å². The van der Waals surface area contributed by atoms with E-state index in [2.05, 4.69) is 27.7 Å². The molecule has 0 radical (unpaired) electrons. The summed E-state index contributed by atoms with van der Waals surface area (Å²) in [6.45, 7) is 0.150. The molecule has 2 heterocycles. The van der Waals surface area contributed by atoms with Gasteiger partial charge in [0.15, 0.2) is 5.69 Å². The number of nitrogens with zero attached hydrogens (tertiary/aromatic N) is 3. The minimum atomic E-state index is -4.65. The Morgan fingerprint density at radius 1 is 1.07 bits per heavy atom. The summed E-state index contributed by atoms with van der Waals surface area (Å²) in [7, 11) is 0. The van der Waals surface area contributed by atoms with E-state index in [0.717, 1.165) is 8.25 Å². The Hall–Kier alpha value is -2.07. The summed E-state index contributed by atoms with van der Waals surface area (Å²) in [5, 5.41) is 4.09. The monoisotopic (exact) mass is 517 g/mol. The maximum absolute atomic E-state index is 13.5. The summed E-state index contributed by atoms with van der Waals surface area (Å²) in [6.07, 6.45) is -4.60. The molecule has 28 heavy (non-hydrogen) atoms. The van der Waals surface area contributed by atoms with Crippen molar-refractivity contribution in [3.8, 4) is 5.69 Å². The van der Waals surface area contributed by atoms with Crippen molar-refractivity contribution in [2.75, 3.05) is 11.4 Å². The summed E-state index contributed by atoms with van der Waals surface area (Å²) in [5.41, 5.74) is -0.266. The van der Waals surface area contributed by atoms with Gasteiger partial charge in [-0.25, -0.2) is 4.68 Å². The molecule has 4 nitrogen and oxygen atoms in total. The van der Waals surface area contributed by atoms with Crippen LogP contribution in [0.25, 0.3) is 5.69 Å². The van der Waals surface area contributed by atoms with Gasteiger partial charge < -0.3 is 4.90 Å². The fourth-order valence-corrected chi connectivity index (χ4v) is 3.79. The van der Waals surface area contributed by atoms with Crippen molar-refractivity contribution in [1.82, 2.24) is 9.78 Å². The summed E-state index contributed by atoms with van der Waals surface area (Å²) >= 11 is 8.14. The average molecular weight is 518 g/mol. The number of carbonyl (C=O) groups excluding carboxylic acids is 1. The summed E-state index contributed by atoms with van der Waals surface area (Å²) < 4.78 is 42.7. The van der Waals surface area contributed by atoms with Crippen molar-refractivity contribution >= 4 is 45.8 Å². The third-order valence-electron chi connectivity index (χ3n) is 4.48. The van der Waals surface area contributed by atoms with Crippen LogP contribution in [0.1, 0.15) is 21.7 Å². The van der Waals surface area contributed by atoms with Crippen LogP contribution in [0.4, 0.5) is 18.9 Å². The van der Waals surface area contributed by atoms with Gasteiger partial charge in [0.25, 0.3) is 5.91 Å². The van der Waals surface area contributed by atoms with Crippen LogP contribution in [0, 0.1) is 3.57 Å². The van der Waals surface area contributed by atoms with Gasteiger partial charge in [-0.2, -0.15) is 18.3 Å². The van der Waals surface area contributed by atoms with Crippen molar-refractivity contribution in [2.45, 2.75) is 12.6 Å². The van der Waals surface area contributed by atoms with E-state index in [1.54, 1.807) is 30.3 Å². The van der Waals surface area contributed by atoms with Gasteiger partial charge in [-0.15, -0.1) is 0 Å². The predicted molar refractivity (Wildman–Crippen MR) is 108 cm³/mol. The Morgan fingerprint density at radius 2 is 1.79 bits per heavy atom. The van der Waals surface area contributed by atoms with Gasteiger partial charge in [-0.3, -0.25) is 4.79 Å². The van der Waals surface area contributed by atoms with Crippen LogP contribution in [0.3, 0.4) is 0 Å². The highest BCUT2D eigenvalue weighted by atomic mass is 127. The molecule has 0 fully saturated rings. The van der Waals surface area contributed by atoms with Crippen LogP contribution in [0.2, 0.25) is 5.02 Å². The van der Waals surface area contributed by atoms with Gasteiger partial charge in [0, 0.05) is 26.4 Å². The molecule has 2 aromatic carbocycles. The molecule has 1 aliphatic rings. The number of hydrogen-bond acceptors (Lipinski definition) is 2. The Balaban J connectivity index is 1.88. The molecule has 0 saturated heterocycles. The lowest BCUT2D eigenvalue weighted by atomic mass is 10.0. The highest BCUT2D eigenvalue weighted by molar-refractivity contribution is 14.1. The van der Waals surface area contributed by atoms with Crippen molar-refractivity contribution in [3.05, 3.63) is 74.1 Å². The number of anilines is 1. The van der Waals surface area contributed by atoms with Crippen LogP contribution in [-0.4, -0.2) is 22.2 Å². The topological polar surface area (TPSA) is 38.1 Å². The van der Waals surface area contributed by atoms with Crippen molar-refractivity contribution in [3.63, 3.8) is 0 Å². The molecule has 144 valence electrons. The second kappa shape index (κ2) is 7.07. The summed E-state index contributed by atoms with van der Waals surface area (Å²) in [6, 6.07) is 13.5. The molecule has 0 saturated carbocycles. The van der Waals surface area contributed by atoms with Gasteiger partial charge in [-0.1, -0.05) is 17.7 Å². The van der Waals surface area contributed by atoms with Gasteiger partial charge in [-0.05, 0) is 71.5 Å². The van der Waals surface area contributed by atoms with Crippen LogP contribution in [0.5, 0.6) is 0 Å². The summed E-state index contributed by atoms with van der Waals surface area (Å²) in [4.78, 5) is 14.7. The van der Waals surface area contributed by atoms with Crippen LogP contribution >= 0.6 is 34.2 Å². The molecule has 0 atom stereocenters. The first-order valence-electron chi connectivity index (χ1n) is 8.28. The number of amides is 1. The molecule has 0 spiro atoms. The third kappa shape index (κ3) is 3.39. The minimum Gasteiger partial charge on any atom is -0.307 e. The maximum Gasteiger partial charge on any atom is 0.435 e. The molecule has 1 aliphatic heterocycles. The van der Waals surface area contributed by atoms with Crippen molar-refractivity contribution in [1.29, 1.82) is 0 Å². The summed E-state index contributed by atoms with van der Waals surface area (Å²) in [5.74, 6) is -0.523. The van der Waals surface area contributed by atoms with Gasteiger partial charge in [0.2, 0.25) is 0 Å². The maximum atomic E-state index is 13.5. The second-order valence-corrected chi connectivity index (χ2v) is 7.93. The van der Waals surface area contributed by atoms with E-state index >= 15 is 0 Å². The number of aromatic nitrogens is 2. The molecule has 3 aromatic rings. The minimum absolute atomic E-state index is 0.0580. The fourth-order valence-electron chi connectivity index (χ4n) is 3.25. The first-order chi connectivity index (χ1) is 13.3. The predicted octanol–water partition coefficient (Wildman–Crippen LogP) is 5.35. The fraction of sp³-hybridized carbons (Fsp3) is 0.158. The molecule has 0 aliphatic carbocycles. The molecular weight excluding hydrogens is 506 g/mol. The number of rotatable bonds is 2. The van der Waals surface area contributed by atoms with Crippen molar-refractivity contribution in [2.24, 2.45) is 0 Å². The van der Waals surface area contributed by atoms with E-state index in [1.807, 2.05) is 12.1 Å². The standard InChI is InChI=1S/C19H12ClF3IN3O/c20-11-2-1-3-14(10-11)27-16-15(17(25-27)19(21,22)23)8-9-26(18(16)28)13-6-4-12(24)5-7-13/h1-7,10H,8-9H2. The van der Waals surface area contributed by atoms with Crippen molar-refractivity contribution < 1.29 is 18.0 Å². The number of carbonyl (C=O) groups is 1. The number of alkyl halides is 3. The highest BCUT2D eigenvalue weighted by Crippen LogP contribution is 2.37. The Bertz CT molecular complexity index is 1060. The average Bonchev–Trinajstić information content (AvgIpc) is 3.04. The van der Waals surface area contributed by atoms with Gasteiger partial charge in [0.05, 0.1) is 5.69 Å². The molecule has 1 aromatic heterocycles. The highest BCUT2D eigenvalue weighted by Gasteiger charge is 2.43. The zero-order valence-corrected chi connectivity index (χ0v) is 17.1. The zero-order chi connectivity index (χ0) is 20.1. The van der Waals surface area contributed by atoms with E-state index in [1.165, 1.54) is 11.0 Å². The van der Waals surface area contributed by atoms with Crippen LogP contribution < -0.4 is 4.90 Å². The first kappa shape index (κ1) is 19.3. The lowest BCUT2D eigenvalue weighted by molar-refractivity contribution is -0.141. The Kier molecular flexibility index (Phi) is 4.86. The Labute approximate surface area is 177 Å². The SMILES string of the molecule is O=C1c2c(c(C(F)(F)F)nn2-c2cccc(Cl)c2)CCN1c1ccc(I)cc1. The molecule has 1 amide bonds. The molecule has 0 N–H and O–H groups in total. The number of benzene rings is 2. The quantitative estimate of drug-likeness (QED) is 0.430. The van der Waals surface area contributed by atoms with Crippen LogP contribution in [-0.2, 0) is 12.6 Å². The largest absolute Gasteiger partial charge is 0.435 e. The zero-order valence-electron chi connectivity index (χ0n) is 14.2. The molecule has 9 heteroatoms. The van der Waals surface area contributed by atoms with Gasteiger partial charge >= 0.3 is 6.18 Å². The third-order valence-corrected chi connectivity index (χ3v) is 5.43. The Morgan fingerprint density at radius 3 is 2.43 bits per heavy atom. The smallest absolute Gasteiger partial charge is 0.307 e. The normalized spacial score (nSPS) is 14.3. The van der Waals surface area contributed by atoms with E-state index in [0.29, 0.717) is 16.4 Å². The lowest BCUT2D eigenvalue weighted by Crippen LogP contribution is -2.39.